The van der Waals surface area contributed by atoms with Gasteiger partial charge in [0, 0.05) is 30.2 Å². The molecule has 33 heavy (non-hydrogen) atoms. The summed E-state index contributed by atoms with van der Waals surface area (Å²) < 4.78 is 42.6. The first-order valence-corrected chi connectivity index (χ1v) is 11.7. The van der Waals surface area contributed by atoms with Gasteiger partial charge in [0.15, 0.2) is 0 Å². The van der Waals surface area contributed by atoms with Crippen LogP contribution in [0, 0.1) is 12.8 Å². The Balaban J connectivity index is 1.41. The first-order chi connectivity index (χ1) is 15.6. The molecule has 0 N–H and O–H groups in total. The molecular formula is C23H23F3N4O2S. The van der Waals surface area contributed by atoms with Crippen LogP contribution in [0.25, 0.3) is 5.69 Å². The van der Waals surface area contributed by atoms with Crippen molar-refractivity contribution in [3.63, 3.8) is 0 Å². The molecule has 0 saturated carbocycles. The van der Waals surface area contributed by atoms with Gasteiger partial charge in [0.05, 0.1) is 17.9 Å². The van der Waals surface area contributed by atoms with Gasteiger partial charge in [-0.05, 0) is 61.7 Å². The summed E-state index contributed by atoms with van der Waals surface area (Å²) in [5.74, 6) is -1.54. The zero-order valence-electron chi connectivity index (χ0n) is 18.2. The van der Waals surface area contributed by atoms with Crippen LogP contribution in [0.15, 0.2) is 34.8 Å². The van der Waals surface area contributed by atoms with Gasteiger partial charge in [-0.15, -0.1) is 11.3 Å². The average molecular weight is 477 g/mol. The van der Waals surface area contributed by atoms with Gasteiger partial charge in [-0.1, -0.05) is 0 Å². The summed E-state index contributed by atoms with van der Waals surface area (Å²) in [6.07, 6.45) is -0.376. The number of aryl methyl sites for hydroxylation is 1. The molecule has 1 aliphatic heterocycles. The second-order valence-corrected chi connectivity index (χ2v) is 9.83. The van der Waals surface area contributed by atoms with E-state index in [1.807, 2.05) is 19.2 Å². The third-order valence-electron chi connectivity index (χ3n) is 6.65. The number of imidazole rings is 1. The predicted molar refractivity (Wildman–Crippen MR) is 118 cm³/mol. The van der Waals surface area contributed by atoms with Crippen LogP contribution < -0.4 is 5.56 Å². The van der Waals surface area contributed by atoms with Gasteiger partial charge >= 0.3 is 6.18 Å². The second-order valence-electron chi connectivity index (χ2n) is 8.87. The van der Waals surface area contributed by atoms with Crippen LogP contribution in [-0.2, 0) is 25.9 Å². The van der Waals surface area contributed by atoms with Crippen molar-refractivity contribution in [2.24, 2.45) is 5.92 Å². The maximum atomic E-state index is 13.3. The topological polar surface area (TPSA) is 60.1 Å². The Labute approximate surface area is 192 Å². The average Bonchev–Trinajstić information content (AvgIpc) is 3.37. The van der Waals surface area contributed by atoms with Crippen molar-refractivity contribution in [1.82, 2.24) is 19.0 Å². The van der Waals surface area contributed by atoms with Crippen LogP contribution >= 0.6 is 11.3 Å². The van der Waals surface area contributed by atoms with Crippen molar-refractivity contribution in [2.75, 3.05) is 0 Å². The summed E-state index contributed by atoms with van der Waals surface area (Å²) in [6.45, 7) is 4.41. The normalized spacial score (nSPS) is 20.6. The Kier molecular flexibility index (Phi) is 5.23. The molecule has 4 heterocycles. The second kappa shape index (κ2) is 7.86. The first-order valence-electron chi connectivity index (χ1n) is 10.8. The first kappa shape index (κ1) is 21.9. The molecule has 5 rings (SSSR count). The summed E-state index contributed by atoms with van der Waals surface area (Å²) in [5.41, 5.74) is 3.15. The smallest absolute Gasteiger partial charge is 0.329 e. The number of aromatic nitrogens is 3. The molecule has 3 aromatic rings. The highest BCUT2D eigenvalue weighted by Gasteiger charge is 2.42. The zero-order valence-corrected chi connectivity index (χ0v) is 19.0. The Morgan fingerprint density at radius 3 is 2.73 bits per heavy atom. The minimum absolute atomic E-state index is 0.0156. The Hall–Kier alpha value is -2.88. The van der Waals surface area contributed by atoms with Crippen molar-refractivity contribution in [3.05, 3.63) is 67.8 Å². The minimum atomic E-state index is -4.18. The molecule has 3 aromatic heterocycles. The van der Waals surface area contributed by atoms with E-state index in [9.17, 15) is 22.8 Å². The number of carbonyl (C=O) groups excluding carboxylic acids is 1. The Morgan fingerprint density at radius 1 is 1.24 bits per heavy atom. The highest BCUT2D eigenvalue weighted by molar-refractivity contribution is 7.10. The molecule has 0 bridgehead atoms. The molecule has 174 valence electrons. The molecule has 0 aromatic carbocycles. The van der Waals surface area contributed by atoms with E-state index in [2.05, 4.69) is 4.98 Å². The van der Waals surface area contributed by atoms with Crippen LogP contribution in [0.1, 0.15) is 45.5 Å². The quantitative estimate of drug-likeness (QED) is 0.572. The van der Waals surface area contributed by atoms with Crippen molar-refractivity contribution in [2.45, 2.75) is 58.4 Å². The molecule has 10 heteroatoms. The van der Waals surface area contributed by atoms with Gasteiger partial charge in [-0.2, -0.15) is 13.2 Å². The molecule has 6 nitrogen and oxygen atoms in total. The van der Waals surface area contributed by atoms with Crippen LogP contribution in [-0.4, -0.2) is 37.1 Å². The van der Waals surface area contributed by atoms with Gasteiger partial charge in [0.25, 0.3) is 11.5 Å². The number of amides is 1. The summed E-state index contributed by atoms with van der Waals surface area (Å²) in [6, 6.07) is 3.06. The fourth-order valence-electron chi connectivity index (χ4n) is 4.80. The highest BCUT2D eigenvalue weighted by Crippen LogP contribution is 2.40. The molecule has 1 amide bonds. The number of fused-ring (bicyclic) bond motifs is 2. The third kappa shape index (κ3) is 3.80. The standard InChI is InChI=1S/C23H23F3N4O2S/c1-13-8-28(12-27-13)18-5-6-19-22(32)29(14(2)9-30(19)21(18)31)10-15-11-33-20-7-16(23(24,25)26)3-4-17(15)20/h5-6,8,11-12,14,16H,3-4,7,9-10H2,1-2H3/t14-,16?/m1/s1. The summed E-state index contributed by atoms with van der Waals surface area (Å²) >= 11 is 1.35. The fraction of sp³-hybridized carbons (Fsp3) is 0.435. The molecule has 0 saturated heterocycles. The summed E-state index contributed by atoms with van der Waals surface area (Å²) in [5, 5.41) is 1.88. The van der Waals surface area contributed by atoms with Crippen molar-refractivity contribution < 1.29 is 18.0 Å². The van der Waals surface area contributed by atoms with Gasteiger partial charge in [0.2, 0.25) is 0 Å². The monoisotopic (exact) mass is 476 g/mol. The van der Waals surface area contributed by atoms with Crippen LogP contribution in [0.3, 0.4) is 0 Å². The number of hydrogen-bond donors (Lipinski definition) is 0. The van der Waals surface area contributed by atoms with Crippen molar-refractivity contribution in [1.29, 1.82) is 0 Å². The number of pyridine rings is 1. The SMILES string of the molecule is Cc1cn(-c2ccc3n(c2=O)C[C@@H](C)N(Cc2csc4c2CCC(C(F)(F)F)C4)C3=O)cn1. The van der Waals surface area contributed by atoms with E-state index < -0.39 is 12.1 Å². The Morgan fingerprint density at radius 2 is 2.03 bits per heavy atom. The molecule has 1 aliphatic carbocycles. The summed E-state index contributed by atoms with van der Waals surface area (Å²) in [4.78, 5) is 33.1. The van der Waals surface area contributed by atoms with E-state index in [4.69, 9.17) is 0 Å². The molecule has 2 atom stereocenters. The number of nitrogens with zero attached hydrogens (tertiary/aromatic N) is 4. The molecule has 0 fully saturated rings. The van der Waals surface area contributed by atoms with E-state index in [0.717, 1.165) is 21.7 Å². The van der Waals surface area contributed by atoms with Crippen LogP contribution in [0.2, 0.25) is 0 Å². The number of alkyl halides is 3. The minimum Gasteiger partial charge on any atom is -0.329 e. The van der Waals surface area contributed by atoms with E-state index in [-0.39, 0.29) is 30.3 Å². The van der Waals surface area contributed by atoms with Crippen molar-refractivity contribution >= 4 is 17.2 Å². The number of halogens is 3. The van der Waals surface area contributed by atoms with Gasteiger partial charge < -0.3 is 14.0 Å². The Bertz CT molecular complexity index is 1290. The lowest BCUT2D eigenvalue weighted by molar-refractivity contribution is -0.176. The number of carbonyl (C=O) groups is 1. The summed E-state index contributed by atoms with van der Waals surface area (Å²) in [7, 11) is 0. The maximum Gasteiger partial charge on any atom is 0.392 e. The van der Waals surface area contributed by atoms with E-state index >= 15 is 0 Å². The molecule has 0 radical (unpaired) electrons. The predicted octanol–water partition coefficient (Wildman–Crippen LogP) is 4.12. The molecule has 0 spiro atoms. The highest BCUT2D eigenvalue weighted by atomic mass is 32.1. The molecule has 1 unspecified atom stereocenters. The number of thiophene rings is 1. The number of rotatable bonds is 3. The zero-order chi connectivity index (χ0) is 23.5. The van der Waals surface area contributed by atoms with Crippen LogP contribution in [0.4, 0.5) is 13.2 Å². The number of hydrogen-bond acceptors (Lipinski definition) is 4. The van der Waals surface area contributed by atoms with Crippen molar-refractivity contribution in [3.8, 4) is 5.69 Å². The van der Waals surface area contributed by atoms with Gasteiger partial charge in [0.1, 0.15) is 11.4 Å². The molecule has 2 aliphatic rings. The fourth-order valence-corrected chi connectivity index (χ4v) is 5.97. The van der Waals surface area contributed by atoms with E-state index in [0.29, 0.717) is 30.9 Å². The van der Waals surface area contributed by atoms with Gasteiger partial charge in [-0.25, -0.2) is 4.98 Å². The lowest BCUT2D eigenvalue weighted by Crippen LogP contribution is -2.49. The van der Waals surface area contributed by atoms with Crippen LogP contribution in [0.5, 0.6) is 0 Å². The maximum absolute atomic E-state index is 13.3. The van der Waals surface area contributed by atoms with E-state index in [1.165, 1.54) is 15.9 Å². The largest absolute Gasteiger partial charge is 0.392 e. The third-order valence-corrected chi connectivity index (χ3v) is 7.75. The lowest BCUT2D eigenvalue weighted by Gasteiger charge is -2.36. The van der Waals surface area contributed by atoms with E-state index in [1.54, 1.807) is 34.1 Å². The molecular weight excluding hydrogens is 453 g/mol. The lowest BCUT2D eigenvalue weighted by atomic mass is 9.86. The van der Waals surface area contributed by atoms with Gasteiger partial charge in [-0.3, -0.25) is 9.59 Å².